The molecule has 25 heavy (non-hydrogen) atoms. The minimum absolute atomic E-state index is 0.115. The van der Waals surface area contributed by atoms with Gasteiger partial charge in [-0.15, -0.1) is 11.3 Å². The van der Waals surface area contributed by atoms with Gasteiger partial charge in [0, 0.05) is 46.2 Å². The van der Waals surface area contributed by atoms with Gasteiger partial charge >= 0.3 is 6.03 Å². The van der Waals surface area contributed by atoms with Gasteiger partial charge in [-0.05, 0) is 29.6 Å². The van der Waals surface area contributed by atoms with Crippen LogP contribution in [-0.2, 0) is 19.4 Å². The number of hydrogen-bond acceptors (Lipinski definition) is 3. The molecule has 0 saturated heterocycles. The molecule has 0 saturated carbocycles. The maximum atomic E-state index is 12.6. The Labute approximate surface area is 154 Å². The highest BCUT2D eigenvalue weighted by Crippen LogP contribution is 2.24. The van der Waals surface area contributed by atoms with Crippen molar-refractivity contribution < 1.29 is 4.79 Å². The van der Waals surface area contributed by atoms with Crippen molar-refractivity contribution in [1.29, 1.82) is 0 Å². The van der Waals surface area contributed by atoms with Crippen LogP contribution >= 0.6 is 22.9 Å². The van der Waals surface area contributed by atoms with Gasteiger partial charge in [0.1, 0.15) is 0 Å². The van der Waals surface area contributed by atoms with Crippen LogP contribution in [0.4, 0.5) is 10.5 Å². The summed E-state index contributed by atoms with van der Waals surface area (Å²) in [5.41, 5.74) is 4.01. The first-order valence-electron chi connectivity index (χ1n) is 8.08. The lowest BCUT2D eigenvalue weighted by molar-refractivity contribution is 0.206. The molecule has 0 bridgehead atoms. The number of thiophene rings is 1. The Kier molecular flexibility index (Phi) is 4.46. The van der Waals surface area contributed by atoms with Crippen molar-refractivity contribution in [3.63, 3.8) is 0 Å². The third-order valence-electron chi connectivity index (χ3n) is 4.30. The van der Waals surface area contributed by atoms with E-state index in [2.05, 4.69) is 27.0 Å². The van der Waals surface area contributed by atoms with E-state index < -0.39 is 0 Å². The number of H-pyrrole nitrogens is 1. The van der Waals surface area contributed by atoms with Crippen LogP contribution in [0, 0.1) is 0 Å². The number of halogens is 1. The number of hydrogen-bond donors (Lipinski definition) is 2. The zero-order valence-corrected chi connectivity index (χ0v) is 15.0. The average Bonchev–Trinajstić information content (AvgIpc) is 3.25. The Morgan fingerprint density at radius 3 is 3.08 bits per heavy atom. The lowest BCUT2D eigenvalue weighted by atomic mass is 10.0. The van der Waals surface area contributed by atoms with Gasteiger partial charge < -0.3 is 10.2 Å². The fourth-order valence-corrected chi connectivity index (χ4v) is 3.92. The highest BCUT2D eigenvalue weighted by molar-refractivity contribution is 7.09. The molecule has 1 aromatic carbocycles. The van der Waals surface area contributed by atoms with Crippen LogP contribution < -0.4 is 5.32 Å². The number of carbonyl (C=O) groups is 1. The fourth-order valence-electron chi connectivity index (χ4n) is 3.02. The summed E-state index contributed by atoms with van der Waals surface area (Å²) in [4.78, 5) is 15.7. The summed E-state index contributed by atoms with van der Waals surface area (Å²) in [6.45, 7) is 1.24. The number of urea groups is 1. The standard InChI is InChI=1S/C18H17ClN4OS/c19-12-3-1-4-13(9-12)20-18(24)23-7-6-16-15(11-23)17(22-21-16)10-14-5-2-8-25-14/h1-5,8-9H,6-7,10-11H2,(H,20,24)(H,21,22). The number of rotatable bonds is 3. The van der Waals surface area contributed by atoms with E-state index in [4.69, 9.17) is 11.6 Å². The van der Waals surface area contributed by atoms with Gasteiger partial charge in [-0.3, -0.25) is 5.10 Å². The molecule has 2 amide bonds. The summed E-state index contributed by atoms with van der Waals surface area (Å²) >= 11 is 7.70. The van der Waals surface area contributed by atoms with Crippen molar-refractivity contribution >= 4 is 34.7 Å². The third kappa shape index (κ3) is 3.55. The molecule has 2 aromatic heterocycles. The van der Waals surface area contributed by atoms with Crippen LogP contribution in [0.15, 0.2) is 41.8 Å². The van der Waals surface area contributed by atoms with E-state index in [1.165, 1.54) is 4.88 Å². The van der Waals surface area contributed by atoms with Crippen molar-refractivity contribution in [2.24, 2.45) is 0 Å². The zero-order chi connectivity index (χ0) is 17.2. The Morgan fingerprint density at radius 2 is 2.28 bits per heavy atom. The van der Waals surface area contributed by atoms with Crippen LogP contribution in [0.25, 0.3) is 0 Å². The molecule has 1 aliphatic heterocycles. The number of benzene rings is 1. The summed E-state index contributed by atoms with van der Waals surface area (Å²) < 4.78 is 0. The quantitative estimate of drug-likeness (QED) is 0.719. The van der Waals surface area contributed by atoms with E-state index in [1.807, 2.05) is 23.1 Å². The van der Waals surface area contributed by atoms with E-state index in [1.54, 1.807) is 23.5 Å². The van der Waals surface area contributed by atoms with E-state index in [-0.39, 0.29) is 6.03 Å². The predicted octanol–water partition coefficient (Wildman–Crippen LogP) is 4.31. The first-order valence-corrected chi connectivity index (χ1v) is 9.33. The van der Waals surface area contributed by atoms with Crippen molar-refractivity contribution in [3.05, 3.63) is 68.6 Å². The molecular formula is C18H17ClN4OS. The van der Waals surface area contributed by atoms with E-state index >= 15 is 0 Å². The number of carbonyl (C=O) groups excluding carboxylic acids is 1. The first kappa shape index (κ1) is 16.2. The van der Waals surface area contributed by atoms with Gasteiger partial charge in [-0.1, -0.05) is 23.7 Å². The number of anilines is 1. The van der Waals surface area contributed by atoms with Gasteiger partial charge in [0.15, 0.2) is 0 Å². The van der Waals surface area contributed by atoms with Crippen LogP contribution in [0.1, 0.15) is 21.8 Å². The lowest BCUT2D eigenvalue weighted by Crippen LogP contribution is -2.39. The van der Waals surface area contributed by atoms with E-state index in [9.17, 15) is 4.79 Å². The van der Waals surface area contributed by atoms with Gasteiger partial charge in [-0.25, -0.2) is 4.79 Å². The van der Waals surface area contributed by atoms with Crippen LogP contribution in [0.3, 0.4) is 0 Å². The van der Waals surface area contributed by atoms with Crippen LogP contribution in [0.2, 0.25) is 5.02 Å². The number of aromatic amines is 1. The van der Waals surface area contributed by atoms with Gasteiger partial charge in [-0.2, -0.15) is 5.10 Å². The summed E-state index contributed by atoms with van der Waals surface area (Å²) in [5.74, 6) is 0. The molecule has 0 radical (unpaired) electrons. The van der Waals surface area contributed by atoms with Gasteiger partial charge in [0.05, 0.1) is 12.2 Å². The molecule has 1 aliphatic rings. The van der Waals surface area contributed by atoms with Crippen molar-refractivity contribution in [3.8, 4) is 0 Å². The molecule has 128 valence electrons. The number of nitrogens with one attached hydrogen (secondary N) is 2. The summed E-state index contributed by atoms with van der Waals surface area (Å²) in [6.07, 6.45) is 1.59. The van der Waals surface area contributed by atoms with Crippen LogP contribution in [-0.4, -0.2) is 27.7 Å². The van der Waals surface area contributed by atoms with E-state index in [0.29, 0.717) is 23.8 Å². The van der Waals surface area contributed by atoms with Crippen molar-refractivity contribution in [1.82, 2.24) is 15.1 Å². The first-order chi connectivity index (χ1) is 12.2. The second kappa shape index (κ2) is 6.90. The lowest BCUT2D eigenvalue weighted by Gasteiger charge is -2.27. The smallest absolute Gasteiger partial charge is 0.320 e. The predicted molar refractivity (Wildman–Crippen MR) is 100 cm³/mol. The van der Waals surface area contributed by atoms with E-state index in [0.717, 1.165) is 29.8 Å². The molecule has 3 aromatic rings. The third-order valence-corrected chi connectivity index (χ3v) is 5.42. The average molecular weight is 373 g/mol. The van der Waals surface area contributed by atoms with Crippen molar-refractivity contribution in [2.45, 2.75) is 19.4 Å². The molecule has 2 N–H and O–H groups in total. The minimum Gasteiger partial charge on any atom is -0.320 e. The Bertz CT molecular complexity index is 890. The minimum atomic E-state index is -0.115. The molecule has 0 spiro atoms. The van der Waals surface area contributed by atoms with Crippen molar-refractivity contribution in [2.75, 3.05) is 11.9 Å². The second-order valence-corrected chi connectivity index (χ2v) is 7.46. The summed E-state index contributed by atoms with van der Waals surface area (Å²) in [5, 5.41) is 13.2. The molecule has 0 unspecified atom stereocenters. The molecule has 0 atom stereocenters. The van der Waals surface area contributed by atoms with Crippen LogP contribution in [0.5, 0.6) is 0 Å². The largest absolute Gasteiger partial charge is 0.322 e. The SMILES string of the molecule is O=C(Nc1cccc(Cl)c1)N1CCc2[nH]nc(Cc3cccs3)c2C1. The number of aromatic nitrogens is 2. The maximum Gasteiger partial charge on any atom is 0.322 e. The maximum absolute atomic E-state index is 12.6. The monoisotopic (exact) mass is 372 g/mol. The Morgan fingerprint density at radius 1 is 1.36 bits per heavy atom. The highest BCUT2D eigenvalue weighted by atomic mass is 35.5. The normalized spacial score (nSPS) is 13.6. The summed E-state index contributed by atoms with van der Waals surface area (Å²) in [7, 11) is 0. The molecular weight excluding hydrogens is 356 g/mol. The molecule has 7 heteroatoms. The molecule has 4 rings (SSSR count). The second-order valence-electron chi connectivity index (χ2n) is 6.00. The molecule has 0 aliphatic carbocycles. The number of nitrogens with zero attached hydrogens (tertiary/aromatic N) is 2. The summed E-state index contributed by atoms with van der Waals surface area (Å²) in [6, 6.07) is 11.2. The molecule has 3 heterocycles. The Hall–Kier alpha value is -2.31. The molecule has 0 fully saturated rings. The number of amides is 2. The fraction of sp³-hybridized carbons (Fsp3) is 0.222. The zero-order valence-electron chi connectivity index (χ0n) is 13.5. The van der Waals surface area contributed by atoms with Gasteiger partial charge in [0.25, 0.3) is 0 Å². The number of fused-ring (bicyclic) bond motifs is 1. The topological polar surface area (TPSA) is 61.0 Å². The van der Waals surface area contributed by atoms with Gasteiger partial charge in [0.2, 0.25) is 0 Å². The highest BCUT2D eigenvalue weighted by Gasteiger charge is 2.25. The Balaban J connectivity index is 1.48. The molecule has 5 nitrogen and oxygen atoms in total.